The Balaban J connectivity index is 1.61. The number of carbonyl (C=O) groups excluding carboxylic acids is 1. The van der Waals surface area contributed by atoms with Gasteiger partial charge in [-0.2, -0.15) is 0 Å². The van der Waals surface area contributed by atoms with Crippen molar-refractivity contribution in [1.82, 2.24) is 5.32 Å². The number of fused-ring (bicyclic) bond motifs is 1. The lowest BCUT2D eigenvalue weighted by atomic mass is 10.0. The summed E-state index contributed by atoms with van der Waals surface area (Å²) in [7, 11) is 0. The predicted molar refractivity (Wildman–Crippen MR) is 100 cm³/mol. The van der Waals surface area contributed by atoms with Gasteiger partial charge in [-0.3, -0.25) is 4.79 Å². The van der Waals surface area contributed by atoms with Crippen LogP contribution in [0.4, 0.5) is 5.69 Å². The third-order valence-electron chi connectivity index (χ3n) is 3.96. The van der Waals surface area contributed by atoms with E-state index in [0.717, 1.165) is 11.3 Å². The predicted octanol–water partition coefficient (Wildman–Crippen LogP) is 4.78. The maximum Gasteiger partial charge on any atom is 0.239 e. The minimum absolute atomic E-state index is 0.0600. The molecule has 1 unspecified atom stereocenters. The van der Waals surface area contributed by atoms with E-state index in [-0.39, 0.29) is 18.5 Å². The Bertz CT molecular complexity index is 863. The zero-order chi connectivity index (χ0) is 16.9. The third-order valence-corrected chi connectivity index (χ3v) is 4.29. The van der Waals surface area contributed by atoms with Crippen LogP contribution in [0.3, 0.4) is 0 Å². The Labute approximate surface area is 146 Å². The molecule has 0 aliphatic carbocycles. The summed E-state index contributed by atoms with van der Waals surface area (Å²) in [5.74, 6) is -0.0735. The van der Waals surface area contributed by atoms with Crippen LogP contribution in [-0.4, -0.2) is 12.5 Å². The van der Waals surface area contributed by atoms with Gasteiger partial charge in [-0.15, -0.1) is 0 Å². The number of halogens is 1. The topological polar surface area (TPSA) is 41.1 Å². The van der Waals surface area contributed by atoms with Crippen molar-refractivity contribution in [3.8, 4) is 0 Å². The summed E-state index contributed by atoms with van der Waals surface area (Å²) in [4.78, 5) is 12.2. The van der Waals surface area contributed by atoms with Gasteiger partial charge in [0.05, 0.1) is 23.3 Å². The molecule has 0 radical (unpaired) electrons. The average Bonchev–Trinajstić information content (AvgIpc) is 2.60. The molecule has 3 aromatic rings. The molecule has 0 aliphatic heterocycles. The Morgan fingerprint density at radius 3 is 2.50 bits per heavy atom. The highest BCUT2D eigenvalue weighted by Gasteiger charge is 2.10. The summed E-state index contributed by atoms with van der Waals surface area (Å²) in [6.45, 7) is 2.17. The van der Waals surface area contributed by atoms with Gasteiger partial charge in [0.15, 0.2) is 0 Å². The van der Waals surface area contributed by atoms with Crippen molar-refractivity contribution in [3.63, 3.8) is 0 Å². The first kappa shape index (κ1) is 16.3. The van der Waals surface area contributed by atoms with Crippen LogP contribution in [0.1, 0.15) is 18.5 Å². The van der Waals surface area contributed by atoms with E-state index in [1.165, 1.54) is 10.8 Å². The molecule has 3 nitrogen and oxygen atoms in total. The van der Waals surface area contributed by atoms with E-state index in [4.69, 9.17) is 11.6 Å². The summed E-state index contributed by atoms with van der Waals surface area (Å²) >= 11 is 6.07. The molecular formula is C20H19ClN2O. The number of para-hydroxylation sites is 1. The minimum atomic E-state index is -0.0735. The number of hydrogen-bond donors (Lipinski definition) is 2. The van der Waals surface area contributed by atoms with Crippen molar-refractivity contribution in [2.75, 3.05) is 11.9 Å². The van der Waals surface area contributed by atoms with Crippen molar-refractivity contribution in [1.29, 1.82) is 0 Å². The number of amides is 1. The average molecular weight is 339 g/mol. The molecule has 0 spiro atoms. The van der Waals surface area contributed by atoms with E-state index in [2.05, 4.69) is 41.0 Å². The second-order valence-electron chi connectivity index (χ2n) is 5.73. The van der Waals surface area contributed by atoms with Crippen LogP contribution in [0.15, 0.2) is 66.7 Å². The van der Waals surface area contributed by atoms with Crippen molar-refractivity contribution in [3.05, 3.63) is 77.3 Å². The molecule has 0 heterocycles. The second-order valence-corrected chi connectivity index (χ2v) is 6.14. The highest BCUT2D eigenvalue weighted by atomic mass is 35.5. The fourth-order valence-electron chi connectivity index (χ4n) is 2.63. The largest absolute Gasteiger partial charge is 0.375 e. The Hall–Kier alpha value is -2.52. The Morgan fingerprint density at radius 2 is 1.71 bits per heavy atom. The van der Waals surface area contributed by atoms with Gasteiger partial charge >= 0.3 is 0 Å². The van der Waals surface area contributed by atoms with Gasteiger partial charge in [0.1, 0.15) is 0 Å². The molecule has 2 N–H and O–H groups in total. The van der Waals surface area contributed by atoms with Crippen molar-refractivity contribution < 1.29 is 4.79 Å². The summed E-state index contributed by atoms with van der Waals surface area (Å²) in [5, 5.41) is 9.03. The van der Waals surface area contributed by atoms with Crippen LogP contribution in [0.2, 0.25) is 5.02 Å². The summed E-state index contributed by atoms with van der Waals surface area (Å²) in [6, 6.07) is 21.8. The molecule has 4 heteroatoms. The summed E-state index contributed by atoms with van der Waals surface area (Å²) < 4.78 is 0. The monoisotopic (exact) mass is 338 g/mol. The molecule has 0 aliphatic rings. The number of hydrogen-bond acceptors (Lipinski definition) is 2. The lowest BCUT2D eigenvalue weighted by Crippen LogP contribution is -2.32. The smallest absolute Gasteiger partial charge is 0.239 e. The summed E-state index contributed by atoms with van der Waals surface area (Å²) in [6.07, 6.45) is 0. The molecule has 0 aromatic heterocycles. The van der Waals surface area contributed by atoms with E-state index in [1.54, 1.807) is 6.07 Å². The van der Waals surface area contributed by atoms with Crippen molar-refractivity contribution in [2.24, 2.45) is 0 Å². The SMILES string of the molecule is CC(NC(=O)CNc1ccccc1Cl)c1ccc2ccccc2c1. The van der Waals surface area contributed by atoms with Crippen LogP contribution in [-0.2, 0) is 4.79 Å². The standard InChI is InChI=1S/C20H19ClN2O/c1-14(16-11-10-15-6-2-3-7-17(15)12-16)23-20(24)13-22-19-9-5-4-8-18(19)21/h2-12,14,22H,13H2,1H3,(H,23,24). The molecule has 3 rings (SSSR count). The lowest BCUT2D eigenvalue weighted by Gasteiger charge is -2.16. The zero-order valence-electron chi connectivity index (χ0n) is 13.4. The van der Waals surface area contributed by atoms with Crippen molar-refractivity contribution >= 4 is 34.0 Å². The first-order chi connectivity index (χ1) is 11.6. The number of benzene rings is 3. The molecule has 0 bridgehead atoms. The fraction of sp³-hybridized carbons (Fsp3) is 0.150. The minimum Gasteiger partial charge on any atom is -0.375 e. The van der Waals surface area contributed by atoms with E-state index < -0.39 is 0 Å². The first-order valence-electron chi connectivity index (χ1n) is 7.90. The second kappa shape index (κ2) is 7.37. The van der Waals surface area contributed by atoms with Crippen LogP contribution in [0.25, 0.3) is 10.8 Å². The van der Waals surface area contributed by atoms with Crippen LogP contribution >= 0.6 is 11.6 Å². The number of anilines is 1. The molecule has 1 atom stereocenters. The normalized spacial score (nSPS) is 11.9. The van der Waals surface area contributed by atoms with Crippen LogP contribution in [0.5, 0.6) is 0 Å². The molecular weight excluding hydrogens is 320 g/mol. The van der Waals surface area contributed by atoms with E-state index in [9.17, 15) is 4.79 Å². The van der Waals surface area contributed by atoms with Gasteiger partial charge in [-0.25, -0.2) is 0 Å². The quantitative estimate of drug-likeness (QED) is 0.702. The Morgan fingerprint density at radius 1 is 1.00 bits per heavy atom. The molecule has 0 fully saturated rings. The first-order valence-corrected chi connectivity index (χ1v) is 8.28. The zero-order valence-corrected chi connectivity index (χ0v) is 14.2. The van der Waals surface area contributed by atoms with Gasteiger partial charge in [-0.05, 0) is 41.5 Å². The van der Waals surface area contributed by atoms with Gasteiger partial charge < -0.3 is 10.6 Å². The molecule has 24 heavy (non-hydrogen) atoms. The van der Waals surface area contributed by atoms with Gasteiger partial charge in [-0.1, -0.05) is 60.1 Å². The van der Waals surface area contributed by atoms with E-state index in [0.29, 0.717) is 5.02 Å². The maximum atomic E-state index is 12.2. The van der Waals surface area contributed by atoms with Gasteiger partial charge in [0.2, 0.25) is 5.91 Å². The van der Waals surface area contributed by atoms with E-state index in [1.807, 2.05) is 37.3 Å². The number of carbonyl (C=O) groups is 1. The number of rotatable bonds is 5. The maximum absolute atomic E-state index is 12.2. The van der Waals surface area contributed by atoms with E-state index >= 15 is 0 Å². The Kier molecular flexibility index (Phi) is 5.02. The third kappa shape index (κ3) is 3.87. The van der Waals surface area contributed by atoms with Crippen LogP contribution < -0.4 is 10.6 Å². The highest BCUT2D eigenvalue weighted by molar-refractivity contribution is 6.33. The molecule has 3 aromatic carbocycles. The van der Waals surface area contributed by atoms with Gasteiger partial charge in [0, 0.05) is 0 Å². The van der Waals surface area contributed by atoms with Crippen molar-refractivity contribution in [2.45, 2.75) is 13.0 Å². The highest BCUT2D eigenvalue weighted by Crippen LogP contribution is 2.21. The van der Waals surface area contributed by atoms with Crippen LogP contribution in [0, 0.1) is 0 Å². The lowest BCUT2D eigenvalue weighted by molar-refractivity contribution is -0.120. The molecule has 0 saturated carbocycles. The molecule has 1 amide bonds. The molecule has 122 valence electrons. The fourth-order valence-corrected chi connectivity index (χ4v) is 2.84. The molecule has 0 saturated heterocycles. The summed E-state index contributed by atoms with van der Waals surface area (Å²) in [5.41, 5.74) is 1.84. The number of nitrogens with one attached hydrogen (secondary N) is 2. The van der Waals surface area contributed by atoms with Gasteiger partial charge in [0.25, 0.3) is 0 Å².